The van der Waals surface area contributed by atoms with Gasteiger partial charge < -0.3 is 14.2 Å². The zero-order valence-electron chi connectivity index (χ0n) is 14.8. The highest BCUT2D eigenvalue weighted by Crippen LogP contribution is 2.28. The molecule has 0 saturated carbocycles. The summed E-state index contributed by atoms with van der Waals surface area (Å²) in [6.07, 6.45) is 1.55. The predicted octanol–water partition coefficient (Wildman–Crippen LogP) is 5.44. The minimum atomic E-state index is -0.399. The highest BCUT2D eigenvalue weighted by molar-refractivity contribution is 9.10. The number of methoxy groups -OCH3 is 2. The van der Waals surface area contributed by atoms with Crippen LogP contribution in [0.15, 0.2) is 40.9 Å². The summed E-state index contributed by atoms with van der Waals surface area (Å²) in [6.45, 7) is 4.77. The van der Waals surface area contributed by atoms with Crippen molar-refractivity contribution in [2.75, 3.05) is 14.2 Å². The standard InChI is InChI=1S/C20H25BrO3/c1-5-14-7-8-15(6-2)19(11-14)24-13-16-12-17(21)9-10-18(16)20(22-3)23-4/h7-12,20H,5-6,13H2,1-4H3. The minimum Gasteiger partial charge on any atom is -0.489 e. The quantitative estimate of drug-likeness (QED) is 0.559. The van der Waals surface area contributed by atoms with Crippen LogP contribution in [0.4, 0.5) is 0 Å². The van der Waals surface area contributed by atoms with Crippen molar-refractivity contribution in [3.8, 4) is 5.75 Å². The smallest absolute Gasteiger partial charge is 0.183 e. The van der Waals surface area contributed by atoms with Crippen LogP contribution >= 0.6 is 15.9 Å². The number of hydrogen-bond acceptors (Lipinski definition) is 3. The van der Waals surface area contributed by atoms with E-state index in [4.69, 9.17) is 14.2 Å². The number of rotatable bonds is 8. The third kappa shape index (κ3) is 4.59. The summed E-state index contributed by atoms with van der Waals surface area (Å²) in [7, 11) is 3.28. The third-order valence-electron chi connectivity index (χ3n) is 4.09. The summed E-state index contributed by atoms with van der Waals surface area (Å²) in [5, 5.41) is 0. The molecule has 0 spiro atoms. The molecule has 0 fully saturated rings. The first-order chi connectivity index (χ1) is 11.6. The number of benzene rings is 2. The molecule has 0 heterocycles. The molecule has 2 aromatic rings. The number of hydrogen-bond donors (Lipinski definition) is 0. The Labute approximate surface area is 153 Å². The Morgan fingerprint density at radius 1 is 0.917 bits per heavy atom. The van der Waals surface area contributed by atoms with E-state index >= 15 is 0 Å². The molecule has 0 aliphatic heterocycles. The molecule has 0 atom stereocenters. The molecule has 2 aromatic carbocycles. The average molecular weight is 393 g/mol. The van der Waals surface area contributed by atoms with E-state index in [-0.39, 0.29) is 0 Å². The summed E-state index contributed by atoms with van der Waals surface area (Å²) in [6, 6.07) is 12.5. The maximum absolute atomic E-state index is 6.16. The fourth-order valence-corrected chi connectivity index (χ4v) is 3.09. The van der Waals surface area contributed by atoms with Gasteiger partial charge in [0.05, 0.1) is 0 Å². The summed E-state index contributed by atoms with van der Waals surface area (Å²) in [5.74, 6) is 0.953. The van der Waals surface area contributed by atoms with Gasteiger partial charge in [-0.2, -0.15) is 0 Å². The van der Waals surface area contributed by atoms with Crippen molar-refractivity contribution < 1.29 is 14.2 Å². The summed E-state index contributed by atoms with van der Waals surface area (Å²) >= 11 is 3.53. The molecule has 0 bridgehead atoms. The molecule has 0 radical (unpaired) electrons. The molecule has 0 N–H and O–H groups in total. The Morgan fingerprint density at radius 3 is 2.29 bits per heavy atom. The van der Waals surface area contributed by atoms with Crippen LogP contribution in [0.5, 0.6) is 5.75 Å². The average Bonchev–Trinajstić information content (AvgIpc) is 2.62. The monoisotopic (exact) mass is 392 g/mol. The van der Waals surface area contributed by atoms with E-state index in [1.165, 1.54) is 11.1 Å². The van der Waals surface area contributed by atoms with Gasteiger partial charge in [-0.15, -0.1) is 0 Å². The van der Waals surface area contributed by atoms with Gasteiger partial charge in [-0.25, -0.2) is 0 Å². The SMILES string of the molecule is CCc1ccc(CC)c(OCc2cc(Br)ccc2C(OC)OC)c1. The van der Waals surface area contributed by atoms with Gasteiger partial charge in [-0.05, 0) is 47.7 Å². The molecule has 0 aliphatic rings. The second kappa shape index (κ2) is 9.21. The Hall–Kier alpha value is -1.36. The van der Waals surface area contributed by atoms with Crippen LogP contribution in [-0.4, -0.2) is 14.2 Å². The van der Waals surface area contributed by atoms with Crippen LogP contribution in [0, 0.1) is 0 Å². The number of ether oxygens (including phenoxy) is 3. The van der Waals surface area contributed by atoms with Crippen molar-refractivity contribution in [2.45, 2.75) is 39.6 Å². The zero-order chi connectivity index (χ0) is 17.5. The largest absolute Gasteiger partial charge is 0.489 e. The van der Waals surface area contributed by atoms with Crippen LogP contribution in [0.2, 0.25) is 0 Å². The minimum absolute atomic E-state index is 0.399. The van der Waals surface area contributed by atoms with Gasteiger partial charge in [-0.1, -0.05) is 48.0 Å². The highest BCUT2D eigenvalue weighted by atomic mass is 79.9. The van der Waals surface area contributed by atoms with Crippen molar-refractivity contribution in [3.05, 3.63) is 63.1 Å². The Kier molecular flexibility index (Phi) is 7.28. The number of aryl methyl sites for hydroxylation is 2. The predicted molar refractivity (Wildman–Crippen MR) is 100 cm³/mol. The van der Waals surface area contributed by atoms with Crippen LogP contribution < -0.4 is 4.74 Å². The molecule has 4 heteroatoms. The lowest BCUT2D eigenvalue weighted by molar-refractivity contribution is -0.106. The van der Waals surface area contributed by atoms with Gasteiger partial charge in [-0.3, -0.25) is 0 Å². The topological polar surface area (TPSA) is 27.7 Å². The summed E-state index contributed by atoms with van der Waals surface area (Å²) in [5.41, 5.74) is 4.53. The highest BCUT2D eigenvalue weighted by Gasteiger charge is 2.15. The van der Waals surface area contributed by atoms with Gasteiger partial charge in [0.15, 0.2) is 6.29 Å². The van der Waals surface area contributed by atoms with Crippen molar-refractivity contribution in [1.82, 2.24) is 0 Å². The second-order valence-electron chi connectivity index (χ2n) is 5.58. The number of halogens is 1. The van der Waals surface area contributed by atoms with E-state index in [0.29, 0.717) is 6.61 Å². The van der Waals surface area contributed by atoms with Crippen molar-refractivity contribution in [2.24, 2.45) is 0 Å². The van der Waals surface area contributed by atoms with E-state index in [1.54, 1.807) is 14.2 Å². The molecule has 2 rings (SSSR count). The third-order valence-corrected chi connectivity index (χ3v) is 4.58. The Bertz CT molecular complexity index is 666. The Morgan fingerprint density at radius 2 is 1.67 bits per heavy atom. The maximum atomic E-state index is 6.16. The van der Waals surface area contributed by atoms with Crippen LogP contribution in [-0.2, 0) is 28.9 Å². The van der Waals surface area contributed by atoms with Crippen molar-refractivity contribution in [1.29, 1.82) is 0 Å². The normalized spacial score (nSPS) is 11.1. The molecular weight excluding hydrogens is 368 g/mol. The lowest BCUT2D eigenvalue weighted by Crippen LogP contribution is -2.09. The first-order valence-corrected chi connectivity index (χ1v) is 9.00. The molecular formula is C20H25BrO3. The molecule has 24 heavy (non-hydrogen) atoms. The second-order valence-corrected chi connectivity index (χ2v) is 6.50. The lowest BCUT2D eigenvalue weighted by Gasteiger charge is -2.19. The van der Waals surface area contributed by atoms with Crippen LogP contribution in [0.3, 0.4) is 0 Å². The molecule has 0 aliphatic carbocycles. The fraction of sp³-hybridized carbons (Fsp3) is 0.400. The van der Waals surface area contributed by atoms with Gasteiger partial charge in [0.25, 0.3) is 0 Å². The molecule has 0 unspecified atom stereocenters. The van der Waals surface area contributed by atoms with E-state index in [0.717, 1.165) is 34.2 Å². The van der Waals surface area contributed by atoms with E-state index in [1.807, 2.05) is 12.1 Å². The zero-order valence-corrected chi connectivity index (χ0v) is 16.4. The van der Waals surface area contributed by atoms with E-state index in [2.05, 4.69) is 54.0 Å². The fourth-order valence-electron chi connectivity index (χ4n) is 2.68. The summed E-state index contributed by atoms with van der Waals surface area (Å²) < 4.78 is 18.0. The molecule has 0 amide bonds. The van der Waals surface area contributed by atoms with E-state index < -0.39 is 6.29 Å². The van der Waals surface area contributed by atoms with Crippen molar-refractivity contribution >= 4 is 15.9 Å². The van der Waals surface area contributed by atoms with Gasteiger partial charge in [0, 0.05) is 24.3 Å². The Balaban J connectivity index is 2.27. The van der Waals surface area contributed by atoms with Gasteiger partial charge >= 0.3 is 0 Å². The maximum Gasteiger partial charge on any atom is 0.183 e. The van der Waals surface area contributed by atoms with E-state index in [9.17, 15) is 0 Å². The van der Waals surface area contributed by atoms with Gasteiger partial charge in [0.1, 0.15) is 12.4 Å². The first-order valence-electron chi connectivity index (χ1n) is 8.21. The molecule has 0 aromatic heterocycles. The first kappa shape index (κ1) is 19.0. The van der Waals surface area contributed by atoms with Crippen LogP contribution in [0.25, 0.3) is 0 Å². The molecule has 0 saturated heterocycles. The molecule has 130 valence electrons. The lowest BCUT2D eigenvalue weighted by atomic mass is 10.1. The molecule has 3 nitrogen and oxygen atoms in total. The van der Waals surface area contributed by atoms with Crippen LogP contribution in [0.1, 0.15) is 42.4 Å². The van der Waals surface area contributed by atoms with Gasteiger partial charge in [0.2, 0.25) is 0 Å². The van der Waals surface area contributed by atoms with Crippen molar-refractivity contribution in [3.63, 3.8) is 0 Å². The summed E-state index contributed by atoms with van der Waals surface area (Å²) in [4.78, 5) is 0.